The van der Waals surface area contributed by atoms with Gasteiger partial charge in [0.15, 0.2) is 0 Å². The molecule has 0 bridgehead atoms. The summed E-state index contributed by atoms with van der Waals surface area (Å²) in [4.78, 5) is 8.10. The molecular formula is C12H12ClN3. The molecule has 0 spiro atoms. The molecule has 0 aromatic carbocycles. The highest BCUT2D eigenvalue weighted by Gasteiger charge is 2.05. The van der Waals surface area contributed by atoms with Crippen LogP contribution in [0.5, 0.6) is 0 Å². The summed E-state index contributed by atoms with van der Waals surface area (Å²) in [6, 6.07) is 7.80. The minimum absolute atomic E-state index is 0.175. The molecule has 0 amide bonds. The molecule has 0 saturated heterocycles. The SMILES string of the molecule is CC(Nc1cccnc1)c1ccc(Cl)nc1. The predicted molar refractivity (Wildman–Crippen MR) is 65.5 cm³/mol. The third kappa shape index (κ3) is 2.70. The Kier molecular flexibility index (Phi) is 3.37. The molecule has 0 aliphatic carbocycles. The lowest BCUT2D eigenvalue weighted by molar-refractivity contribution is 0.874. The first-order valence-electron chi connectivity index (χ1n) is 5.04. The van der Waals surface area contributed by atoms with Crippen LogP contribution < -0.4 is 5.32 Å². The average molecular weight is 234 g/mol. The van der Waals surface area contributed by atoms with Crippen LogP contribution in [0.3, 0.4) is 0 Å². The molecule has 1 atom stereocenters. The van der Waals surface area contributed by atoms with E-state index in [0.717, 1.165) is 11.3 Å². The molecule has 0 aliphatic heterocycles. The first-order chi connectivity index (χ1) is 7.75. The Bertz CT molecular complexity index is 442. The van der Waals surface area contributed by atoms with Crippen LogP contribution in [0.25, 0.3) is 0 Å². The molecule has 82 valence electrons. The number of hydrogen-bond acceptors (Lipinski definition) is 3. The lowest BCUT2D eigenvalue weighted by Crippen LogP contribution is -2.06. The van der Waals surface area contributed by atoms with Gasteiger partial charge in [0.1, 0.15) is 5.15 Å². The number of halogens is 1. The fourth-order valence-corrected chi connectivity index (χ4v) is 1.54. The number of rotatable bonds is 3. The van der Waals surface area contributed by atoms with Gasteiger partial charge >= 0.3 is 0 Å². The van der Waals surface area contributed by atoms with E-state index >= 15 is 0 Å². The molecule has 0 radical (unpaired) electrons. The second-order valence-electron chi connectivity index (χ2n) is 3.52. The smallest absolute Gasteiger partial charge is 0.129 e. The van der Waals surface area contributed by atoms with Gasteiger partial charge in [-0.3, -0.25) is 4.98 Å². The first kappa shape index (κ1) is 10.9. The van der Waals surface area contributed by atoms with Crippen molar-refractivity contribution in [1.29, 1.82) is 0 Å². The van der Waals surface area contributed by atoms with Gasteiger partial charge in [-0.25, -0.2) is 4.98 Å². The zero-order chi connectivity index (χ0) is 11.4. The lowest BCUT2D eigenvalue weighted by atomic mass is 10.1. The van der Waals surface area contributed by atoms with E-state index in [2.05, 4.69) is 22.2 Å². The molecule has 0 aliphatic rings. The normalized spacial score (nSPS) is 12.1. The summed E-state index contributed by atoms with van der Waals surface area (Å²) in [5.74, 6) is 0. The van der Waals surface area contributed by atoms with Crippen molar-refractivity contribution >= 4 is 17.3 Å². The van der Waals surface area contributed by atoms with Crippen LogP contribution in [-0.4, -0.2) is 9.97 Å². The molecule has 1 unspecified atom stereocenters. The standard InChI is InChI=1S/C12H12ClN3/c1-9(10-4-5-12(13)15-7-10)16-11-3-2-6-14-8-11/h2-9,16H,1H3. The highest BCUT2D eigenvalue weighted by Crippen LogP contribution is 2.18. The Labute approximate surface area is 99.5 Å². The minimum Gasteiger partial charge on any atom is -0.377 e. The van der Waals surface area contributed by atoms with Gasteiger partial charge < -0.3 is 5.32 Å². The van der Waals surface area contributed by atoms with Crippen LogP contribution in [0.15, 0.2) is 42.9 Å². The van der Waals surface area contributed by atoms with Crippen LogP contribution in [0.1, 0.15) is 18.5 Å². The van der Waals surface area contributed by atoms with Gasteiger partial charge in [-0.05, 0) is 30.7 Å². The molecule has 2 rings (SSSR count). The van der Waals surface area contributed by atoms with Gasteiger partial charge in [0.25, 0.3) is 0 Å². The molecule has 1 N–H and O–H groups in total. The van der Waals surface area contributed by atoms with Crippen molar-refractivity contribution < 1.29 is 0 Å². The van der Waals surface area contributed by atoms with Gasteiger partial charge in [-0.2, -0.15) is 0 Å². The Morgan fingerprint density at radius 1 is 1.25 bits per heavy atom. The van der Waals surface area contributed by atoms with E-state index in [4.69, 9.17) is 11.6 Å². The van der Waals surface area contributed by atoms with Crippen LogP contribution in [0, 0.1) is 0 Å². The molecule has 0 fully saturated rings. The Morgan fingerprint density at radius 3 is 2.75 bits per heavy atom. The van der Waals surface area contributed by atoms with Crippen LogP contribution in [0.4, 0.5) is 5.69 Å². The van der Waals surface area contributed by atoms with E-state index in [1.807, 2.05) is 18.2 Å². The molecule has 2 aromatic heterocycles. The van der Waals surface area contributed by atoms with Gasteiger partial charge in [0, 0.05) is 18.6 Å². The summed E-state index contributed by atoms with van der Waals surface area (Å²) < 4.78 is 0. The monoisotopic (exact) mass is 233 g/mol. The summed E-state index contributed by atoms with van der Waals surface area (Å²) in [5.41, 5.74) is 2.08. The Morgan fingerprint density at radius 2 is 2.12 bits per heavy atom. The largest absolute Gasteiger partial charge is 0.377 e. The van der Waals surface area contributed by atoms with Crippen molar-refractivity contribution in [3.05, 3.63) is 53.6 Å². The summed E-state index contributed by atoms with van der Waals surface area (Å²) in [6.45, 7) is 2.07. The van der Waals surface area contributed by atoms with Crippen molar-refractivity contribution in [2.75, 3.05) is 5.32 Å². The van der Waals surface area contributed by atoms with Gasteiger partial charge in [-0.15, -0.1) is 0 Å². The zero-order valence-electron chi connectivity index (χ0n) is 8.89. The van der Waals surface area contributed by atoms with Gasteiger partial charge in [-0.1, -0.05) is 17.7 Å². The quantitative estimate of drug-likeness (QED) is 0.827. The zero-order valence-corrected chi connectivity index (χ0v) is 9.65. The fourth-order valence-electron chi connectivity index (χ4n) is 1.42. The maximum Gasteiger partial charge on any atom is 0.129 e. The number of hydrogen-bond donors (Lipinski definition) is 1. The van der Waals surface area contributed by atoms with E-state index in [1.54, 1.807) is 24.7 Å². The molecule has 2 heterocycles. The lowest BCUT2D eigenvalue weighted by Gasteiger charge is -2.14. The second-order valence-corrected chi connectivity index (χ2v) is 3.91. The fraction of sp³-hybridized carbons (Fsp3) is 0.167. The third-order valence-electron chi connectivity index (χ3n) is 2.29. The number of nitrogens with one attached hydrogen (secondary N) is 1. The van der Waals surface area contributed by atoms with E-state index in [0.29, 0.717) is 5.15 Å². The summed E-state index contributed by atoms with van der Waals surface area (Å²) in [5, 5.41) is 3.84. The van der Waals surface area contributed by atoms with E-state index < -0.39 is 0 Å². The van der Waals surface area contributed by atoms with Crippen molar-refractivity contribution in [2.24, 2.45) is 0 Å². The number of nitrogens with zero attached hydrogens (tertiary/aromatic N) is 2. The topological polar surface area (TPSA) is 37.8 Å². The molecule has 0 saturated carbocycles. The summed E-state index contributed by atoms with van der Waals surface area (Å²) >= 11 is 5.74. The summed E-state index contributed by atoms with van der Waals surface area (Å²) in [6.07, 6.45) is 5.32. The number of pyridine rings is 2. The van der Waals surface area contributed by atoms with E-state index in [1.165, 1.54) is 0 Å². The van der Waals surface area contributed by atoms with Crippen LogP contribution >= 0.6 is 11.6 Å². The van der Waals surface area contributed by atoms with E-state index in [9.17, 15) is 0 Å². The molecule has 2 aromatic rings. The number of aromatic nitrogens is 2. The van der Waals surface area contributed by atoms with Gasteiger partial charge in [0.2, 0.25) is 0 Å². The van der Waals surface area contributed by atoms with Crippen molar-refractivity contribution in [2.45, 2.75) is 13.0 Å². The average Bonchev–Trinajstić information content (AvgIpc) is 2.31. The molecule has 16 heavy (non-hydrogen) atoms. The van der Waals surface area contributed by atoms with Crippen molar-refractivity contribution in [1.82, 2.24) is 9.97 Å². The van der Waals surface area contributed by atoms with E-state index in [-0.39, 0.29) is 6.04 Å². The maximum atomic E-state index is 5.74. The molecule has 3 nitrogen and oxygen atoms in total. The van der Waals surface area contributed by atoms with Gasteiger partial charge in [0.05, 0.1) is 11.7 Å². The van der Waals surface area contributed by atoms with Crippen LogP contribution in [-0.2, 0) is 0 Å². The second kappa shape index (κ2) is 4.94. The Balaban J connectivity index is 2.09. The predicted octanol–water partition coefficient (Wildman–Crippen LogP) is 3.30. The Hall–Kier alpha value is -1.61. The highest BCUT2D eigenvalue weighted by atomic mass is 35.5. The molecular weight excluding hydrogens is 222 g/mol. The minimum atomic E-state index is 0.175. The van der Waals surface area contributed by atoms with Crippen molar-refractivity contribution in [3.63, 3.8) is 0 Å². The highest BCUT2D eigenvalue weighted by molar-refractivity contribution is 6.29. The number of anilines is 1. The third-order valence-corrected chi connectivity index (χ3v) is 2.52. The first-order valence-corrected chi connectivity index (χ1v) is 5.41. The van der Waals surface area contributed by atoms with Crippen molar-refractivity contribution in [3.8, 4) is 0 Å². The maximum absolute atomic E-state index is 5.74. The summed E-state index contributed by atoms with van der Waals surface area (Å²) in [7, 11) is 0. The van der Waals surface area contributed by atoms with Crippen LogP contribution in [0.2, 0.25) is 5.15 Å². The molecule has 4 heteroatoms.